The summed E-state index contributed by atoms with van der Waals surface area (Å²) in [4.78, 5) is 39.5. The molecule has 0 fully saturated rings. The Morgan fingerprint density at radius 3 is 1.84 bits per heavy atom. The number of nitrogens with two attached hydrogens (primary N) is 1. The Kier molecular flexibility index (Phi) is 10.2. The Bertz CT molecular complexity index is 1920. The van der Waals surface area contributed by atoms with Gasteiger partial charge in [-0.05, 0) is 36.4 Å². The summed E-state index contributed by atoms with van der Waals surface area (Å²) in [6.45, 7) is -0.413. The van der Waals surface area contributed by atoms with E-state index in [0.717, 1.165) is 18.2 Å². The van der Waals surface area contributed by atoms with Crippen LogP contribution in [0.15, 0.2) is 57.6 Å². The van der Waals surface area contributed by atoms with Gasteiger partial charge in [-0.2, -0.15) is 9.97 Å². The van der Waals surface area contributed by atoms with Gasteiger partial charge in [-0.25, -0.2) is 8.78 Å². The van der Waals surface area contributed by atoms with E-state index in [1.807, 2.05) is 0 Å². The van der Waals surface area contributed by atoms with Crippen LogP contribution in [0.2, 0.25) is 10.0 Å². The number of hydrogen-bond donors (Lipinski definition) is 1. The molecule has 2 N–H and O–H groups in total. The largest absolute Gasteiger partial charge is 0.481 e. The quantitative estimate of drug-likeness (QED) is 0.103. The van der Waals surface area contributed by atoms with E-state index in [0.29, 0.717) is 5.56 Å². The van der Waals surface area contributed by atoms with Gasteiger partial charge in [0.25, 0.3) is 23.2 Å². The van der Waals surface area contributed by atoms with Crippen molar-refractivity contribution < 1.29 is 37.2 Å². The minimum Gasteiger partial charge on any atom is -0.481 e. The van der Waals surface area contributed by atoms with Crippen molar-refractivity contribution in [1.82, 2.24) is 20.3 Å². The fourth-order valence-corrected chi connectivity index (χ4v) is 3.93. The molecule has 15 nitrogen and oxygen atoms in total. The molecule has 1 amide bonds. The molecule has 0 spiro atoms. The highest BCUT2D eigenvalue weighted by molar-refractivity contribution is 6.33. The standard InChI is InChI=1S/C16H9ClF2N4O5.C9H5Cl2N3O3/c17-8-2-1-7(5-10(8)23(25)26)16-21-12(28-22-16)6-27-11-4-3-9(18)13(14(11)19)15(20)24;10-4-8-12-9(13-17-8)5-1-2-6(11)7(3-5)14(15)16/h1-5H,6H2,(H2,20,24);1-3H,4H2. The first-order chi connectivity index (χ1) is 21.4. The number of aromatic nitrogens is 4. The summed E-state index contributed by atoms with van der Waals surface area (Å²) < 4.78 is 42.4. The van der Waals surface area contributed by atoms with Crippen molar-refractivity contribution in [2.75, 3.05) is 0 Å². The van der Waals surface area contributed by atoms with Crippen LogP contribution < -0.4 is 10.5 Å². The summed E-state index contributed by atoms with van der Waals surface area (Å²) in [6.07, 6.45) is 0. The maximum atomic E-state index is 14.1. The highest BCUT2D eigenvalue weighted by atomic mass is 35.5. The number of nitro benzene ring substituents is 2. The van der Waals surface area contributed by atoms with Crippen LogP contribution in [0, 0.1) is 31.9 Å². The zero-order chi connectivity index (χ0) is 32.8. The predicted molar refractivity (Wildman–Crippen MR) is 152 cm³/mol. The van der Waals surface area contributed by atoms with Gasteiger partial charge in [-0.15, -0.1) is 11.6 Å². The van der Waals surface area contributed by atoms with Crippen molar-refractivity contribution in [2.45, 2.75) is 12.5 Å². The molecule has 3 aromatic carbocycles. The lowest BCUT2D eigenvalue weighted by molar-refractivity contribution is -0.384. The van der Waals surface area contributed by atoms with E-state index in [1.54, 1.807) is 6.07 Å². The van der Waals surface area contributed by atoms with Crippen LogP contribution in [0.1, 0.15) is 22.1 Å². The number of carbonyl (C=O) groups excluding carboxylic acids is 1. The third kappa shape index (κ3) is 7.64. The third-order valence-corrected chi connectivity index (χ3v) is 6.37. The van der Waals surface area contributed by atoms with Crippen LogP contribution in [-0.2, 0) is 12.5 Å². The Labute approximate surface area is 263 Å². The molecule has 2 aromatic heterocycles. The molecule has 232 valence electrons. The second kappa shape index (κ2) is 14.0. The molecule has 0 unspecified atom stereocenters. The van der Waals surface area contributed by atoms with Crippen LogP contribution in [0.4, 0.5) is 20.2 Å². The average molecular weight is 685 g/mol. The summed E-state index contributed by atoms with van der Waals surface area (Å²) in [7, 11) is 0. The minimum absolute atomic E-state index is 0.00997. The highest BCUT2D eigenvalue weighted by Gasteiger charge is 2.21. The number of nitrogens with zero attached hydrogens (tertiary/aromatic N) is 6. The molecule has 0 aliphatic heterocycles. The first-order valence-electron chi connectivity index (χ1n) is 11.9. The molecule has 0 atom stereocenters. The number of halogens is 5. The number of primary amides is 1. The number of amides is 1. The van der Waals surface area contributed by atoms with Gasteiger partial charge in [0.2, 0.25) is 17.5 Å². The Morgan fingerprint density at radius 1 is 0.867 bits per heavy atom. The van der Waals surface area contributed by atoms with Gasteiger partial charge in [0.05, 0.1) is 9.85 Å². The van der Waals surface area contributed by atoms with E-state index in [1.165, 1.54) is 24.3 Å². The molecule has 5 aromatic rings. The maximum Gasteiger partial charge on any atom is 0.288 e. The molecule has 0 aliphatic rings. The first kappa shape index (κ1) is 32.6. The first-order valence-corrected chi connectivity index (χ1v) is 13.2. The fourth-order valence-electron chi connectivity index (χ4n) is 3.45. The van der Waals surface area contributed by atoms with Crippen molar-refractivity contribution in [3.63, 3.8) is 0 Å². The highest BCUT2D eigenvalue weighted by Crippen LogP contribution is 2.30. The number of nitro groups is 2. The summed E-state index contributed by atoms with van der Waals surface area (Å²) in [6, 6.07) is 9.97. The average Bonchev–Trinajstić information content (AvgIpc) is 3.67. The summed E-state index contributed by atoms with van der Waals surface area (Å²) in [5, 5.41) is 28.9. The molecule has 20 heteroatoms. The lowest BCUT2D eigenvalue weighted by Gasteiger charge is -2.07. The number of hydrogen-bond acceptors (Lipinski definition) is 12. The molecule has 45 heavy (non-hydrogen) atoms. The summed E-state index contributed by atoms with van der Waals surface area (Å²) >= 11 is 16.9. The topological polar surface area (TPSA) is 216 Å². The van der Waals surface area contributed by atoms with E-state index in [-0.39, 0.29) is 56.3 Å². The minimum atomic E-state index is -1.29. The Hall–Kier alpha value is -5.26. The van der Waals surface area contributed by atoms with Crippen molar-refractivity contribution in [3.05, 3.63) is 108 Å². The summed E-state index contributed by atoms with van der Waals surface area (Å²) in [5.74, 6) is -3.64. The van der Waals surface area contributed by atoms with Crippen LogP contribution in [0.25, 0.3) is 22.8 Å². The molecular formula is C25H14Cl3F2N7O8. The second-order valence-corrected chi connectivity index (χ2v) is 9.47. The van der Waals surface area contributed by atoms with E-state index in [4.69, 9.17) is 54.3 Å². The van der Waals surface area contributed by atoms with Crippen LogP contribution in [0.5, 0.6) is 5.75 Å². The molecule has 0 saturated carbocycles. The lowest BCUT2D eigenvalue weighted by Crippen LogP contribution is -2.16. The van der Waals surface area contributed by atoms with Gasteiger partial charge >= 0.3 is 0 Å². The summed E-state index contributed by atoms with van der Waals surface area (Å²) in [5.41, 5.74) is 4.16. The van der Waals surface area contributed by atoms with Gasteiger partial charge in [0, 0.05) is 23.3 Å². The lowest BCUT2D eigenvalue weighted by atomic mass is 10.1. The number of benzene rings is 3. The van der Waals surface area contributed by atoms with Crippen molar-refractivity contribution in [3.8, 4) is 28.5 Å². The number of rotatable bonds is 9. The monoisotopic (exact) mass is 683 g/mol. The SMILES string of the molecule is NC(=O)c1c(F)ccc(OCc2nc(-c3ccc(Cl)c([N+](=O)[O-])c3)no2)c1F.O=[N+]([O-])c1cc(-c2noc(CCl)n2)ccc1Cl. The van der Waals surface area contributed by atoms with Gasteiger partial charge in [-0.1, -0.05) is 33.5 Å². The normalized spacial score (nSPS) is 10.6. The number of carbonyl (C=O) groups is 1. The van der Waals surface area contributed by atoms with Gasteiger partial charge in [0.1, 0.15) is 27.3 Å². The molecule has 0 bridgehead atoms. The zero-order valence-corrected chi connectivity index (χ0v) is 24.2. The molecule has 0 aliphatic carbocycles. The molecule has 2 heterocycles. The van der Waals surface area contributed by atoms with E-state index in [9.17, 15) is 33.8 Å². The van der Waals surface area contributed by atoms with E-state index >= 15 is 0 Å². The van der Waals surface area contributed by atoms with E-state index in [2.05, 4.69) is 20.3 Å². The van der Waals surface area contributed by atoms with Crippen molar-refractivity contribution in [2.24, 2.45) is 5.73 Å². The number of ether oxygens (including phenoxy) is 1. The van der Waals surface area contributed by atoms with Gasteiger partial charge in [0.15, 0.2) is 18.2 Å². The molecule has 0 saturated heterocycles. The molecule has 0 radical (unpaired) electrons. The van der Waals surface area contributed by atoms with Crippen molar-refractivity contribution >= 4 is 52.1 Å². The second-order valence-electron chi connectivity index (χ2n) is 8.39. The smallest absolute Gasteiger partial charge is 0.288 e. The predicted octanol–water partition coefficient (Wildman–Crippen LogP) is 6.29. The zero-order valence-electron chi connectivity index (χ0n) is 21.9. The molecule has 5 rings (SSSR count). The van der Waals surface area contributed by atoms with Gasteiger partial charge in [-0.3, -0.25) is 25.0 Å². The molecular weight excluding hydrogens is 671 g/mol. The van der Waals surface area contributed by atoms with Crippen LogP contribution in [0.3, 0.4) is 0 Å². The third-order valence-electron chi connectivity index (χ3n) is 5.51. The van der Waals surface area contributed by atoms with Crippen molar-refractivity contribution in [1.29, 1.82) is 0 Å². The van der Waals surface area contributed by atoms with Crippen LogP contribution >= 0.6 is 34.8 Å². The van der Waals surface area contributed by atoms with Gasteiger partial charge < -0.3 is 19.5 Å². The Balaban J connectivity index is 0.000000231. The van der Waals surface area contributed by atoms with Crippen LogP contribution in [-0.4, -0.2) is 36.0 Å². The fraction of sp³-hybridized carbons (Fsp3) is 0.0800. The number of alkyl halides is 1. The Morgan fingerprint density at radius 2 is 1.38 bits per heavy atom. The van der Waals surface area contributed by atoms with E-state index < -0.39 is 45.3 Å². The maximum absolute atomic E-state index is 14.1.